The van der Waals surface area contributed by atoms with E-state index >= 15 is 0 Å². The quantitative estimate of drug-likeness (QED) is 0.519. The van der Waals surface area contributed by atoms with Gasteiger partial charge in [-0.1, -0.05) is 36.8 Å². The smallest absolute Gasteiger partial charge is 0.207 e. The number of hydrogen-bond donors (Lipinski definition) is 1. The maximum absolute atomic E-state index is 9.95. The van der Waals surface area contributed by atoms with Gasteiger partial charge < -0.3 is 5.32 Å². The van der Waals surface area contributed by atoms with Gasteiger partial charge in [0, 0.05) is 6.54 Å². The SMILES string of the molecule is O=CNCCCCCc1ccccc1. The van der Waals surface area contributed by atoms with Gasteiger partial charge in [-0.25, -0.2) is 0 Å². The van der Waals surface area contributed by atoms with Crippen LogP contribution in [0.3, 0.4) is 0 Å². The summed E-state index contributed by atoms with van der Waals surface area (Å²) in [7, 11) is 0. The Morgan fingerprint density at radius 3 is 2.57 bits per heavy atom. The predicted octanol–water partition coefficient (Wildman–Crippen LogP) is 2.15. The van der Waals surface area contributed by atoms with Crippen LogP contribution in [0.4, 0.5) is 0 Å². The highest BCUT2D eigenvalue weighted by Gasteiger charge is 1.91. The molecule has 1 amide bonds. The van der Waals surface area contributed by atoms with E-state index in [4.69, 9.17) is 0 Å². The average Bonchev–Trinajstić information content (AvgIpc) is 2.25. The lowest BCUT2D eigenvalue weighted by Crippen LogP contribution is -2.11. The third-order valence-electron chi connectivity index (χ3n) is 2.21. The van der Waals surface area contributed by atoms with E-state index in [2.05, 4.69) is 29.6 Å². The van der Waals surface area contributed by atoms with Crippen molar-refractivity contribution in [2.24, 2.45) is 0 Å². The molecule has 2 nitrogen and oxygen atoms in total. The Morgan fingerprint density at radius 2 is 1.86 bits per heavy atom. The predicted molar refractivity (Wildman–Crippen MR) is 58.1 cm³/mol. The summed E-state index contributed by atoms with van der Waals surface area (Å²) in [4.78, 5) is 9.95. The van der Waals surface area contributed by atoms with Gasteiger partial charge in [0.1, 0.15) is 0 Å². The molecule has 0 atom stereocenters. The Hall–Kier alpha value is -1.31. The topological polar surface area (TPSA) is 29.1 Å². The van der Waals surface area contributed by atoms with Crippen molar-refractivity contribution in [1.82, 2.24) is 5.32 Å². The lowest BCUT2D eigenvalue weighted by atomic mass is 10.1. The number of benzene rings is 1. The molecule has 14 heavy (non-hydrogen) atoms. The highest BCUT2D eigenvalue weighted by Crippen LogP contribution is 2.05. The zero-order valence-corrected chi connectivity index (χ0v) is 8.41. The monoisotopic (exact) mass is 191 g/mol. The van der Waals surface area contributed by atoms with E-state index in [1.165, 1.54) is 18.4 Å². The molecule has 0 aliphatic heterocycles. The van der Waals surface area contributed by atoms with E-state index in [9.17, 15) is 4.79 Å². The first kappa shape index (κ1) is 10.8. The zero-order chi connectivity index (χ0) is 10.1. The number of nitrogens with one attached hydrogen (secondary N) is 1. The summed E-state index contributed by atoms with van der Waals surface area (Å²) in [6, 6.07) is 10.5. The van der Waals surface area contributed by atoms with Gasteiger partial charge in [-0.2, -0.15) is 0 Å². The van der Waals surface area contributed by atoms with Crippen molar-refractivity contribution in [3.8, 4) is 0 Å². The van der Waals surface area contributed by atoms with Gasteiger partial charge in [0.15, 0.2) is 0 Å². The maximum Gasteiger partial charge on any atom is 0.207 e. The van der Waals surface area contributed by atoms with Crippen molar-refractivity contribution >= 4 is 6.41 Å². The van der Waals surface area contributed by atoms with Crippen molar-refractivity contribution in [3.63, 3.8) is 0 Å². The van der Waals surface area contributed by atoms with Crippen molar-refractivity contribution in [2.75, 3.05) is 6.54 Å². The Morgan fingerprint density at radius 1 is 1.07 bits per heavy atom. The van der Waals surface area contributed by atoms with Crippen LogP contribution in [0, 0.1) is 0 Å². The van der Waals surface area contributed by atoms with Crippen LogP contribution in [-0.2, 0) is 11.2 Å². The molecule has 1 aromatic carbocycles. The van der Waals surface area contributed by atoms with Crippen LogP contribution in [0.5, 0.6) is 0 Å². The fourth-order valence-corrected chi connectivity index (χ4v) is 1.44. The number of unbranched alkanes of at least 4 members (excludes halogenated alkanes) is 2. The first-order valence-electron chi connectivity index (χ1n) is 5.14. The molecule has 0 aliphatic carbocycles. The molecular formula is C12H17NO. The zero-order valence-electron chi connectivity index (χ0n) is 8.41. The second kappa shape index (κ2) is 7.13. The van der Waals surface area contributed by atoms with Gasteiger partial charge in [0.25, 0.3) is 0 Å². The van der Waals surface area contributed by atoms with E-state index in [-0.39, 0.29) is 0 Å². The minimum Gasteiger partial charge on any atom is -0.359 e. The molecule has 0 fully saturated rings. The van der Waals surface area contributed by atoms with Gasteiger partial charge >= 0.3 is 0 Å². The molecule has 1 aromatic rings. The Kier molecular flexibility index (Phi) is 5.48. The molecule has 0 saturated carbocycles. The molecule has 1 rings (SSSR count). The minimum atomic E-state index is 0.761. The lowest BCUT2D eigenvalue weighted by Gasteiger charge is -2.01. The first-order valence-corrected chi connectivity index (χ1v) is 5.14. The molecular weight excluding hydrogens is 174 g/mol. The van der Waals surface area contributed by atoms with E-state index in [1.807, 2.05) is 6.07 Å². The van der Waals surface area contributed by atoms with Gasteiger partial charge in [0.05, 0.1) is 0 Å². The second-order valence-electron chi connectivity index (χ2n) is 3.37. The summed E-state index contributed by atoms with van der Waals surface area (Å²) in [6.45, 7) is 0.804. The Balaban J connectivity index is 2.02. The van der Waals surface area contributed by atoms with Crippen molar-refractivity contribution < 1.29 is 4.79 Å². The van der Waals surface area contributed by atoms with Gasteiger partial charge in [-0.05, 0) is 24.8 Å². The first-order chi connectivity index (χ1) is 6.93. The van der Waals surface area contributed by atoms with Crippen LogP contribution >= 0.6 is 0 Å². The third-order valence-corrected chi connectivity index (χ3v) is 2.21. The van der Waals surface area contributed by atoms with Crippen LogP contribution < -0.4 is 5.32 Å². The van der Waals surface area contributed by atoms with Crippen LogP contribution in [-0.4, -0.2) is 13.0 Å². The molecule has 0 unspecified atom stereocenters. The lowest BCUT2D eigenvalue weighted by molar-refractivity contribution is -0.109. The van der Waals surface area contributed by atoms with Crippen LogP contribution in [0.1, 0.15) is 24.8 Å². The molecule has 0 bridgehead atoms. The molecule has 0 aliphatic rings. The third kappa shape index (κ3) is 4.65. The van der Waals surface area contributed by atoms with E-state index in [0.29, 0.717) is 0 Å². The Labute approximate surface area is 85.3 Å². The van der Waals surface area contributed by atoms with Crippen molar-refractivity contribution in [2.45, 2.75) is 25.7 Å². The summed E-state index contributed by atoms with van der Waals surface area (Å²) in [5.41, 5.74) is 1.40. The maximum atomic E-state index is 9.95. The Bertz CT molecular complexity index is 246. The van der Waals surface area contributed by atoms with Gasteiger partial charge in [-0.3, -0.25) is 4.79 Å². The van der Waals surface area contributed by atoms with Gasteiger partial charge in [-0.15, -0.1) is 0 Å². The molecule has 0 aromatic heterocycles. The number of rotatable bonds is 7. The van der Waals surface area contributed by atoms with Crippen molar-refractivity contribution in [3.05, 3.63) is 35.9 Å². The summed E-state index contributed by atoms with van der Waals surface area (Å²) in [6.07, 6.45) is 5.35. The molecule has 0 radical (unpaired) electrons. The minimum absolute atomic E-state index is 0.761. The highest BCUT2D eigenvalue weighted by atomic mass is 16.1. The van der Waals surface area contributed by atoms with Crippen LogP contribution in [0.15, 0.2) is 30.3 Å². The molecule has 76 valence electrons. The largest absolute Gasteiger partial charge is 0.359 e. The number of carbonyl (C=O) groups is 1. The van der Waals surface area contributed by atoms with Crippen molar-refractivity contribution in [1.29, 1.82) is 0 Å². The summed E-state index contributed by atoms with van der Waals surface area (Å²) < 4.78 is 0. The number of aryl methyl sites for hydroxylation is 1. The van der Waals surface area contributed by atoms with E-state index < -0.39 is 0 Å². The molecule has 0 spiro atoms. The molecule has 0 saturated heterocycles. The standard InChI is InChI=1S/C12H17NO/c14-11-13-10-6-2-5-9-12-7-3-1-4-8-12/h1,3-4,7-8,11H,2,5-6,9-10H2,(H,13,14). The molecule has 0 heterocycles. The van der Waals surface area contributed by atoms with Crippen LogP contribution in [0.25, 0.3) is 0 Å². The fraction of sp³-hybridized carbons (Fsp3) is 0.417. The summed E-state index contributed by atoms with van der Waals surface area (Å²) >= 11 is 0. The van der Waals surface area contributed by atoms with Crippen LogP contribution in [0.2, 0.25) is 0 Å². The van der Waals surface area contributed by atoms with E-state index in [1.54, 1.807) is 0 Å². The average molecular weight is 191 g/mol. The number of carbonyl (C=O) groups excluding carboxylic acids is 1. The normalized spacial score (nSPS) is 9.71. The number of hydrogen-bond acceptors (Lipinski definition) is 1. The second-order valence-corrected chi connectivity index (χ2v) is 3.37. The molecule has 1 N–H and O–H groups in total. The van der Waals surface area contributed by atoms with Gasteiger partial charge in [0.2, 0.25) is 6.41 Å². The fourth-order valence-electron chi connectivity index (χ4n) is 1.44. The van der Waals surface area contributed by atoms with E-state index in [0.717, 1.165) is 25.8 Å². The summed E-state index contributed by atoms with van der Waals surface area (Å²) in [5.74, 6) is 0. The molecule has 2 heteroatoms. The summed E-state index contributed by atoms with van der Waals surface area (Å²) in [5, 5.41) is 2.67. The highest BCUT2D eigenvalue weighted by molar-refractivity contribution is 5.45. The number of amides is 1.